The number of aryl methyl sites for hydroxylation is 2. The van der Waals surface area contributed by atoms with Gasteiger partial charge in [-0.15, -0.1) is 0 Å². The molecule has 2 N–H and O–H groups in total. The molecule has 0 radical (unpaired) electrons. The molecule has 6 heteroatoms. The Morgan fingerprint density at radius 1 is 0.909 bits per heavy atom. The molecule has 0 bridgehead atoms. The second-order valence-electron chi connectivity index (χ2n) is 8.29. The zero-order chi connectivity index (χ0) is 22.9. The quantitative estimate of drug-likeness (QED) is 0.499. The van der Waals surface area contributed by atoms with E-state index in [1.807, 2.05) is 74.5 Å². The molecule has 0 fully saturated rings. The summed E-state index contributed by atoms with van der Waals surface area (Å²) >= 11 is 0. The number of carbonyl (C=O) groups excluding carboxylic acids is 2. The number of para-hydroxylation sites is 1. The predicted octanol–water partition coefficient (Wildman–Crippen LogP) is 4.37. The largest absolute Gasteiger partial charge is 0.339 e. The van der Waals surface area contributed by atoms with Crippen molar-refractivity contribution in [3.8, 4) is 5.69 Å². The summed E-state index contributed by atoms with van der Waals surface area (Å²) in [5, 5.41) is 10.7. The lowest BCUT2D eigenvalue weighted by Gasteiger charge is -2.33. The van der Waals surface area contributed by atoms with Crippen LogP contribution in [0.1, 0.15) is 38.7 Å². The number of benzene rings is 3. The van der Waals surface area contributed by atoms with Crippen LogP contribution in [0.5, 0.6) is 0 Å². The molecule has 2 atom stereocenters. The third-order valence-corrected chi connectivity index (χ3v) is 6.03. The maximum atomic E-state index is 13.4. The van der Waals surface area contributed by atoms with Crippen LogP contribution in [0, 0.1) is 13.8 Å². The molecular formula is C27H24N4O2. The highest BCUT2D eigenvalue weighted by molar-refractivity contribution is 6.04. The lowest BCUT2D eigenvalue weighted by atomic mass is 9.81. The monoisotopic (exact) mass is 436 g/mol. The van der Waals surface area contributed by atoms with Crippen molar-refractivity contribution < 1.29 is 9.59 Å². The highest BCUT2D eigenvalue weighted by Crippen LogP contribution is 2.40. The van der Waals surface area contributed by atoms with E-state index < -0.39 is 6.04 Å². The van der Waals surface area contributed by atoms with Crippen LogP contribution in [-0.4, -0.2) is 27.6 Å². The smallest absolute Gasteiger partial charge is 0.251 e. The number of amides is 2. The first-order chi connectivity index (χ1) is 16.0. The zero-order valence-corrected chi connectivity index (χ0v) is 18.4. The van der Waals surface area contributed by atoms with Gasteiger partial charge in [-0.2, -0.15) is 5.10 Å². The number of hydrogen-bond donors (Lipinski definition) is 2. The van der Waals surface area contributed by atoms with Gasteiger partial charge in [-0.3, -0.25) is 9.59 Å². The topological polar surface area (TPSA) is 76.0 Å². The minimum atomic E-state index is -0.778. The van der Waals surface area contributed by atoms with Crippen molar-refractivity contribution in [3.05, 3.63) is 113 Å². The fourth-order valence-corrected chi connectivity index (χ4v) is 4.40. The van der Waals surface area contributed by atoms with Crippen molar-refractivity contribution in [2.45, 2.75) is 25.8 Å². The molecule has 4 aromatic rings. The van der Waals surface area contributed by atoms with Crippen molar-refractivity contribution in [2.75, 3.05) is 5.32 Å². The number of rotatable bonds is 4. The molecule has 3 aromatic carbocycles. The van der Waals surface area contributed by atoms with E-state index in [2.05, 4.69) is 10.6 Å². The molecule has 1 aliphatic heterocycles. The van der Waals surface area contributed by atoms with Crippen LogP contribution in [0.2, 0.25) is 0 Å². The molecule has 164 valence electrons. The summed E-state index contributed by atoms with van der Waals surface area (Å²) in [6.07, 6.45) is 0. The van der Waals surface area contributed by atoms with Crippen LogP contribution in [0.3, 0.4) is 0 Å². The van der Waals surface area contributed by atoms with Crippen molar-refractivity contribution in [3.63, 3.8) is 0 Å². The molecule has 33 heavy (non-hydrogen) atoms. The molecule has 1 aliphatic rings. The number of nitrogens with one attached hydrogen (secondary N) is 2. The van der Waals surface area contributed by atoms with Gasteiger partial charge in [-0.25, -0.2) is 4.68 Å². The van der Waals surface area contributed by atoms with E-state index in [4.69, 9.17) is 5.10 Å². The first kappa shape index (κ1) is 20.7. The molecule has 1 aromatic heterocycles. The average molecular weight is 437 g/mol. The van der Waals surface area contributed by atoms with Crippen LogP contribution < -0.4 is 10.6 Å². The summed E-state index contributed by atoms with van der Waals surface area (Å²) in [6, 6.07) is 25.9. The van der Waals surface area contributed by atoms with E-state index >= 15 is 0 Å². The maximum absolute atomic E-state index is 13.4. The summed E-state index contributed by atoms with van der Waals surface area (Å²) in [4.78, 5) is 26.4. The predicted molar refractivity (Wildman–Crippen MR) is 128 cm³/mol. The van der Waals surface area contributed by atoms with Gasteiger partial charge in [-0.1, -0.05) is 66.2 Å². The van der Waals surface area contributed by atoms with Crippen LogP contribution in [-0.2, 0) is 4.79 Å². The van der Waals surface area contributed by atoms with Crippen LogP contribution in [0.4, 0.5) is 5.82 Å². The Labute approximate surface area is 192 Å². The Morgan fingerprint density at radius 2 is 1.55 bits per heavy atom. The summed E-state index contributed by atoms with van der Waals surface area (Å²) in [6.45, 7) is 3.96. The fraction of sp³-hybridized carbons (Fsp3) is 0.148. The van der Waals surface area contributed by atoms with Gasteiger partial charge in [0.1, 0.15) is 11.9 Å². The zero-order valence-electron chi connectivity index (χ0n) is 18.4. The van der Waals surface area contributed by atoms with Gasteiger partial charge in [0, 0.05) is 17.0 Å². The Morgan fingerprint density at radius 3 is 2.21 bits per heavy atom. The van der Waals surface area contributed by atoms with Gasteiger partial charge in [0.25, 0.3) is 5.91 Å². The van der Waals surface area contributed by atoms with Crippen molar-refractivity contribution in [2.24, 2.45) is 0 Å². The number of nitrogens with zero attached hydrogens (tertiary/aromatic N) is 2. The van der Waals surface area contributed by atoms with E-state index in [0.29, 0.717) is 11.4 Å². The third-order valence-electron chi connectivity index (χ3n) is 6.03. The molecule has 0 saturated carbocycles. The Kier molecular flexibility index (Phi) is 5.26. The molecule has 6 nitrogen and oxygen atoms in total. The number of carbonyl (C=O) groups is 2. The second-order valence-corrected chi connectivity index (χ2v) is 8.29. The molecule has 2 unspecified atom stereocenters. The normalized spacial score (nSPS) is 17.2. The van der Waals surface area contributed by atoms with E-state index in [1.165, 1.54) is 0 Å². The van der Waals surface area contributed by atoms with Gasteiger partial charge in [0.15, 0.2) is 0 Å². The van der Waals surface area contributed by atoms with Crippen LogP contribution in [0.25, 0.3) is 5.69 Å². The van der Waals surface area contributed by atoms with E-state index in [-0.39, 0.29) is 17.7 Å². The van der Waals surface area contributed by atoms with E-state index in [9.17, 15) is 9.59 Å². The molecule has 0 saturated heterocycles. The standard InChI is InChI=1S/C27H24N4O2/c1-17-13-15-19(16-14-17)23-22-18(2)30-31(21-11-7-4-8-12-21)25(22)29-27(33)24(23)28-26(32)20-9-5-3-6-10-20/h3-16,23-24H,1-2H3,(H,28,32)(H,29,33). The Balaban J connectivity index is 1.63. The Hall–Kier alpha value is -4.19. The maximum Gasteiger partial charge on any atom is 0.251 e. The highest BCUT2D eigenvalue weighted by atomic mass is 16.2. The number of aromatic nitrogens is 2. The number of hydrogen-bond acceptors (Lipinski definition) is 3. The van der Waals surface area contributed by atoms with Crippen molar-refractivity contribution in [1.82, 2.24) is 15.1 Å². The number of anilines is 1. The third kappa shape index (κ3) is 3.80. The average Bonchev–Trinajstić information content (AvgIpc) is 3.17. The van der Waals surface area contributed by atoms with Crippen LogP contribution in [0.15, 0.2) is 84.9 Å². The molecule has 5 rings (SSSR count). The van der Waals surface area contributed by atoms with Crippen molar-refractivity contribution >= 4 is 17.6 Å². The SMILES string of the molecule is Cc1ccc(C2c3c(C)nn(-c4ccccc4)c3NC(=O)C2NC(=O)c2ccccc2)cc1. The summed E-state index contributed by atoms with van der Waals surface area (Å²) in [5.41, 5.74) is 5.15. The number of fused-ring (bicyclic) bond motifs is 1. The van der Waals surface area contributed by atoms with Gasteiger partial charge >= 0.3 is 0 Å². The molecule has 2 amide bonds. The molecule has 2 heterocycles. The summed E-state index contributed by atoms with van der Waals surface area (Å²) in [5.74, 6) is -0.294. The van der Waals surface area contributed by atoms with Gasteiger partial charge in [0.05, 0.1) is 11.4 Å². The highest BCUT2D eigenvalue weighted by Gasteiger charge is 2.41. The lowest BCUT2D eigenvalue weighted by Crippen LogP contribution is -2.50. The Bertz CT molecular complexity index is 1310. The van der Waals surface area contributed by atoms with Gasteiger partial charge in [-0.05, 0) is 43.7 Å². The minimum absolute atomic E-state index is 0.269. The van der Waals surface area contributed by atoms with Gasteiger partial charge < -0.3 is 10.6 Å². The first-order valence-corrected chi connectivity index (χ1v) is 10.9. The molecule has 0 spiro atoms. The van der Waals surface area contributed by atoms with E-state index in [0.717, 1.165) is 28.1 Å². The summed E-state index contributed by atoms with van der Waals surface area (Å²) in [7, 11) is 0. The lowest BCUT2D eigenvalue weighted by molar-refractivity contribution is -0.118. The minimum Gasteiger partial charge on any atom is -0.339 e. The van der Waals surface area contributed by atoms with E-state index in [1.54, 1.807) is 28.9 Å². The second kappa shape index (κ2) is 8.39. The first-order valence-electron chi connectivity index (χ1n) is 10.9. The molecular weight excluding hydrogens is 412 g/mol. The van der Waals surface area contributed by atoms with Crippen LogP contribution >= 0.6 is 0 Å². The van der Waals surface area contributed by atoms with Gasteiger partial charge in [0.2, 0.25) is 5.91 Å². The molecule has 0 aliphatic carbocycles. The fourth-order valence-electron chi connectivity index (χ4n) is 4.40. The summed E-state index contributed by atoms with van der Waals surface area (Å²) < 4.78 is 1.76. The van der Waals surface area contributed by atoms with Crippen molar-refractivity contribution in [1.29, 1.82) is 0 Å².